The van der Waals surface area contributed by atoms with E-state index in [0.29, 0.717) is 6.54 Å². The van der Waals surface area contributed by atoms with Crippen molar-refractivity contribution in [2.24, 2.45) is 0 Å². The number of aliphatic hydroxyl groups excluding tert-OH is 1. The molecule has 4 heteroatoms. The van der Waals surface area contributed by atoms with Gasteiger partial charge in [-0.3, -0.25) is 4.79 Å². The molecule has 1 amide bonds. The molecule has 0 saturated carbocycles. The maximum absolute atomic E-state index is 11.8. The molecule has 0 bridgehead atoms. The number of hydrogen-bond donors (Lipinski definition) is 2. The highest BCUT2D eigenvalue weighted by Crippen LogP contribution is 2.06. The van der Waals surface area contributed by atoms with E-state index in [-0.39, 0.29) is 18.6 Å². The van der Waals surface area contributed by atoms with Gasteiger partial charge in [0.25, 0.3) is 0 Å². The van der Waals surface area contributed by atoms with Crippen molar-refractivity contribution in [3.05, 3.63) is 12.7 Å². The van der Waals surface area contributed by atoms with Gasteiger partial charge in [-0.1, -0.05) is 6.08 Å². The van der Waals surface area contributed by atoms with E-state index in [1.807, 2.05) is 6.92 Å². The molecule has 2 N–H and O–H groups in total. The molecule has 2 atom stereocenters. The molecule has 80 valence electrons. The minimum atomic E-state index is -0.451. The van der Waals surface area contributed by atoms with Gasteiger partial charge in [0.2, 0.25) is 5.91 Å². The fraction of sp³-hybridized carbons (Fsp3) is 0.700. The van der Waals surface area contributed by atoms with Crippen LogP contribution in [-0.4, -0.2) is 47.7 Å². The molecule has 1 heterocycles. The lowest BCUT2D eigenvalue weighted by atomic mass is 10.2. The summed E-state index contributed by atoms with van der Waals surface area (Å²) in [4.78, 5) is 13.5. The molecule has 14 heavy (non-hydrogen) atoms. The summed E-state index contributed by atoms with van der Waals surface area (Å²) in [6, 6.07) is -0.182. The van der Waals surface area contributed by atoms with Crippen molar-refractivity contribution in [3.63, 3.8) is 0 Å². The summed E-state index contributed by atoms with van der Waals surface area (Å²) < 4.78 is 0. The summed E-state index contributed by atoms with van der Waals surface area (Å²) >= 11 is 0. The van der Waals surface area contributed by atoms with E-state index in [9.17, 15) is 4.79 Å². The summed E-state index contributed by atoms with van der Waals surface area (Å²) in [5, 5.41) is 12.1. The first-order chi connectivity index (χ1) is 6.69. The summed E-state index contributed by atoms with van der Waals surface area (Å²) in [6.45, 7) is 6.78. The minimum absolute atomic E-state index is 0.0308. The van der Waals surface area contributed by atoms with Crippen molar-refractivity contribution < 1.29 is 9.90 Å². The highest BCUT2D eigenvalue weighted by atomic mass is 16.3. The van der Waals surface area contributed by atoms with Crippen LogP contribution in [0.1, 0.15) is 13.3 Å². The number of aliphatic hydroxyl groups is 1. The number of rotatable bonds is 3. The van der Waals surface area contributed by atoms with Gasteiger partial charge < -0.3 is 15.3 Å². The summed E-state index contributed by atoms with van der Waals surface area (Å²) in [6.07, 6.45) is 2.62. The van der Waals surface area contributed by atoms with Gasteiger partial charge in [-0.15, -0.1) is 6.58 Å². The van der Waals surface area contributed by atoms with Gasteiger partial charge in [0.15, 0.2) is 0 Å². The molecule has 2 unspecified atom stereocenters. The third kappa shape index (κ3) is 2.56. The van der Waals surface area contributed by atoms with Crippen LogP contribution in [0.5, 0.6) is 0 Å². The third-order valence-electron chi connectivity index (χ3n) is 2.46. The molecular weight excluding hydrogens is 180 g/mol. The van der Waals surface area contributed by atoms with E-state index in [4.69, 9.17) is 5.11 Å². The molecule has 0 aliphatic carbocycles. The largest absolute Gasteiger partial charge is 0.394 e. The zero-order valence-electron chi connectivity index (χ0n) is 8.57. The molecule has 0 aromatic rings. The van der Waals surface area contributed by atoms with Crippen LogP contribution >= 0.6 is 0 Å². The molecule has 1 aliphatic heterocycles. The number of nitrogens with one attached hydrogen (secondary N) is 1. The number of amides is 1. The van der Waals surface area contributed by atoms with E-state index >= 15 is 0 Å². The van der Waals surface area contributed by atoms with Crippen molar-refractivity contribution in [1.29, 1.82) is 0 Å². The number of nitrogens with zero attached hydrogens (tertiary/aromatic N) is 1. The molecular formula is C10H18N2O2. The van der Waals surface area contributed by atoms with Gasteiger partial charge in [-0.2, -0.15) is 0 Å². The highest BCUT2D eigenvalue weighted by molar-refractivity contribution is 5.82. The van der Waals surface area contributed by atoms with Crippen LogP contribution in [0.3, 0.4) is 0 Å². The molecule has 1 aliphatic rings. The summed E-state index contributed by atoms with van der Waals surface area (Å²) in [5.41, 5.74) is 0. The molecule has 0 spiro atoms. The van der Waals surface area contributed by atoms with E-state index < -0.39 is 6.04 Å². The predicted molar refractivity (Wildman–Crippen MR) is 54.9 cm³/mol. The lowest BCUT2D eigenvalue weighted by molar-refractivity contribution is -0.133. The van der Waals surface area contributed by atoms with Crippen LogP contribution in [-0.2, 0) is 4.79 Å². The first-order valence-electron chi connectivity index (χ1n) is 4.95. The zero-order valence-corrected chi connectivity index (χ0v) is 8.57. The Labute approximate surface area is 84.6 Å². The number of carbonyl (C=O) groups is 1. The average molecular weight is 198 g/mol. The zero-order chi connectivity index (χ0) is 10.6. The van der Waals surface area contributed by atoms with Crippen LogP contribution in [0.2, 0.25) is 0 Å². The van der Waals surface area contributed by atoms with Crippen molar-refractivity contribution >= 4 is 5.91 Å². The Bertz CT molecular complexity index is 218. The molecule has 0 aromatic carbocycles. The monoisotopic (exact) mass is 198 g/mol. The van der Waals surface area contributed by atoms with Crippen LogP contribution in [0.15, 0.2) is 12.7 Å². The second kappa shape index (κ2) is 5.12. The van der Waals surface area contributed by atoms with E-state index in [1.165, 1.54) is 0 Å². The van der Waals surface area contributed by atoms with Crippen LogP contribution in [0.4, 0.5) is 0 Å². The standard InChI is InChI=1S/C10H18N2O2/c1-3-5-12-6-4-8(2)11-9(7-13)10(12)14/h3,8-9,11,13H,1,4-7H2,2H3. The number of carbonyl (C=O) groups excluding carboxylic acids is 1. The second-order valence-electron chi connectivity index (χ2n) is 3.66. The fourth-order valence-corrected chi connectivity index (χ4v) is 1.65. The first-order valence-corrected chi connectivity index (χ1v) is 4.95. The molecule has 4 nitrogen and oxygen atoms in total. The fourth-order valence-electron chi connectivity index (χ4n) is 1.65. The Balaban J connectivity index is 2.68. The van der Waals surface area contributed by atoms with Crippen LogP contribution < -0.4 is 5.32 Å². The highest BCUT2D eigenvalue weighted by Gasteiger charge is 2.27. The van der Waals surface area contributed by atoms with Crippen molar-refractivity contribution in [3.8, 4) is 0 Å². The maximum atomic E-state index is 11.8. The normalized spacial score (nSPS) is 28.7. The van der Waals surface area contributed by atoms with Crippen LogP contribution in [0, 0.1) is 0 Å². The Morgan fingerprint density at radius 3 is 3.07 bits per heavy atom. The Kier molecular flexibility index (Phi) is 4.10. The third-order valence-corrected chi connectivity index (χ3v) is 2.46. The van der Waals surface area contributed by atoms with Crippen LogP contribution in [0.25, 0.3) is 0 Å². The molecule has 1 fully saturated rings. The second-order valence-corrected chi connectivity index (χ2v) is 3.66. The average Bonchev–Trinajstić information content (AvgIpc) is 2.31. The first kappa shape index (κ1) is 11.2. The van der Waals surface area contributed by atoms with Gasteiger partial charge in [-0.05, 0) is 13.3 Å². The van der Waals surface area contributed by atoms with Gasteiger partial charge in [0.1, 0.15) is 6.04 Å². The van der Waals surface area contributed by atoms with Gasteiger partial charge in [0, 0.05) is 19.1 Å². The van der Waals surface area contributed by atoms with Gasteiger partial charge in [0.05, 0.1) is 6.61 Å². The van der Waals surface area contributed by atoms with E-state index in [2.05, 4.69) is 11.9 Å². The number of hydrogen-bond acceptors (Lipinski definition) is 3. The van der Waals surface area contributed by atoms with E-state index in [0.717, 1.165) is 13.0 Å². The molecule has 1 saturated heterocycles. The quantitative estimate of drug-likeness (QED) is 0.615. The topological polar surface area (TPSA) is 52.6 Å². The van der Waals surface area contributed by atoms with E-state index in [1.54, 1.807) is 11.0 Å². The van der Waals surface area contributed by atoms with Gasteiger partial charge >= 0.3 is 0 Å². The molecule has 0 radical (unpaired) electrons. The Morgan fingerprint density at radius 2 is 2.50 bits per heavy atom. The Morgan fingerprint density at radius 1 is 1.79 bits per heavy atom. The maximum Gasteiger partial charge on any atom is 0.242 e. The molecule has 0 aromatic heterocycles. The lowest BCUT2D eigenvalue weighted by Crippen LogP contribution is -2.47. The SMILES string of the molecule is C=CCN1CCC(C)NC(CO)C1=O. The summed E-state index contributed by atoms with van der Waals surface area (Å²) in [7, 11) is 0. The Hall–Kier alpha value is -0.870. The van der Waals surface area contributed by atoms with Gasteiger partial charge in [-0.25, -0.2) is 0 Å². The smallest absolute Gasteiger partial charge is 0.242 e. The molecule has 1 rings (SSSR count). The minimum Gasteiger partial charge on any atom is -0.394 e. The van der Waals surface area contributed by atoms with Crippen molar-refractivity contribution in [1.82, 2.24) is 10.2 Å². The van der Waals surface area contributed by atoms with Crippen molar-refractivity contribution in [2.75, 3.05) is 19.7 Å². The predicted octanol–water partition coefficient (Wildman–Crippen LogP) is -0.256. The van der Waals surface area contributed by atoms with Crippen molar-refractivity contribution in [2.45, 2.75) is 25.4 Å². The lowest BCUT2D eigenvalue weighted by Gasteiger charge is -2.21. The summed E-state index contributed by atoms with van der Waals surface area (Å²) in [5.74, 6) is -0.0308.